The zero-order chi connectivity index (χ0) is 12.4. The van der Waals surface area contributed by atoms with Crippen molar-refractivity contribution in [3.05, 3.63) is 63.9 Å². The van der Waals surface area contributed by atoms with Gasteiger partial charge in [-0.3, -0.25) is 0 Å². The van der Waals surface area contributed by atoms with Gasteiger partial charge in [-0.1, -0.05) is 23.7 Å². The van der Waals surface area contributed by atoms with Crippen molar-refractivity contribution >= 4 is 17.3 Å². The zero-order valence-electron chi connectivity index (χ0n) is 9.50. The van der Waals surface area contributed by atoms with Gasteiger partial charge in [0.15, 0.2) is 0 Å². The van der Waals surface area contributed by atoms with Crippen molar-refractivity contribution in [2.45, 2.75) is 13.3 Å². The minimum atomic E-state index is -0.221. The van der Waals surface area contributed by atoms with Crippen LogP contribution in [0.4, 0.5) is 10.1 Å². The lowest BCUT2D eigenvalue weighted by molar-refractivity contribution is 0.626. The number of hydrogen-bond donors (Lipinski definition) is 1. The first-order chi connectivity index (χ1) is 8.06. The molecule has 1 nitrogen and oxygen atoms in total. The van der Waals surface area contributed by atoms with E-state index in [1.54, 1.807) is 6.07 Å². The number of anilines is 1. The Morgan fingerprint density at radius 3 is 2.71 bits per heavy atom. The molecule has 2 rings (SSSR count). The summed E-state index contributed by atoms with van der Waals surface area (Å²) in [5.41, 5.74) is 9.35. The summed E-state index contributed by atoms with van der Waals surface area (Å²) < 4.78 is 13.1. The molecule has 0 spiro atoms. The molecule has 0 unspecified atom stereocenters. The first-order valence-corrected chi connectivity index (χ1v) is 5.73. The Hall–Kier alpha value is -1.54. The summed E-state index contributed by atoms with van der Waals surface area (Å²) in [6.45, 7) is 1.97. The number of nitrogen functional groups attached to an aromatic ring is 1. The number of halogens is 2. The standard InChI is InChI=1S/C14H13ClFN/c1-9-5-14(17)13(15)8-11(9)6-10-3-2-4-12(16)7-10/h2-5,7-8H,6,17H2,1H3. The second kappa shape index (κ2) is 4.76. The first kappa shape index (κ1) is 11.9. The molecule has 0 radical (unpaired) electrons. The van der Waals surface area contributed by atoms with Gasteiger partial charge in [-0.05, 0) is 54.3 Å². The van der Waals surface area contributed by atoms with E-state index in [9.17, 15) is 4.39 Å². The highest BCUT2D eigenvalue weighted by Gasteiger charge is 2.05. The van der Waals surface area contributed by atoms with Crippen LogP contribution >= 0.6 is 11.6 Å². The number of rotatable bonds is 2. The molecule has 0 heterocycles. The maximum absolute atomic E-state index is 13.1. The van der Waals surface area contributed by atoms with Crippen molar-refractivity contribution in [1.29, 1.82) is 0 Å². The predicted octanol–water partition coefficient (Wildman–Crippen LogP) is 3.96. The van der Waals surface area contributed by atoms with Gasteiger partial charge in [-0.25, -0.2) is 4.39 Å². The van der Waals surface area contributed by atoms with Gasteiger partial charge in [0.05, 0.1) is 10.7 Å². The lowest BCUT2D eigenvalue weighted by Crippen LogP contribution is -1.95. The molecular formula is C14H13ClFN. The molecule has 2 aromatic rings. The Kier molecular flexibility index (Phi) is 3.34. The Morgan fingerprint density at radius 2 is 2.00 bits per heavy atom. The average Bonchev–Trinajstić information content (AvgIpc) is 2.26. The van der Waals surface area contributed by atoms with Gasteiger partial charge in [0, 0.05) is 0 Å². The maximum atomic E-state index is 13.1. The van der Waals surface area contributed by atoms with Gasteiger partial charge in [0.1, 0.15) is 5.82 Å². The molecule has 0 bridgehead atoms. The quantitative estimate of drug-likeness (QED) is 0.801. The molecule has 17 heavy (non-hydrogen) atoms. The van der Waals surface area contributed by atoms with Crippen LogP contribution in [0.3, 0.4) is 0 Å². The fourth-order valence-electron chi connectivity index (χ4n) is 1.80. The third kappa shape index (κ3) is 2.77. The lowest BCUT2D eigenvalue weighted by Gasteiger charge is -2.09. The summed E-state index contributed by atoms with van der Waals surface area (Å²) in [6.07, 6.45) is 0.656. The van der Waals surface area contributed by atoms with Crippen LogP contribution in [-0.4, -0.2) is 0 Å². The number of benzene rings is 2. The Balaban J connectivity index is 2.33. The van der Waals surface area contributed by atoms with Gasteiger partial charge in [-0.2, -0.15) is 0 Å². The van der Waals surface area contributed by atoms with Crippen LogP contribution in [0.15, 0.2) is 36.4 Å². The van der Waals surface area contributed by atoms with Crippen molar-refractivity contribution < 1.29 is 4.39 Å². The van der Waals surface area contributed by atoms with Crippen LogP contribution in [0.5, 0.6) is 0 Å². The third-order valence-electron chi connectivity index (χ3n) is 2.74. The Morgan fingerprint density at radius 1 is 1.24 bits per heavy atom. The molecule has 0 fully saturated rings. The molecule has 88 valence electrons. The van der Waals surface area contributed by atoms with Crippen LogP contribution in [0.2, 0.25) is 5.02 Å². The normalized spacial score (nSPS) is 10.5. The topological polar surface area (TPSA) is 26.0 Å². The molecule has 0 atom stereocenters. The molecule has 0 aromatic heterocycles. The highest BCUT2D eigenvalue weighted by Crippen LogP contribution is 2.25. The van der Waals surface area contributed by atoms with Crippen LogP contribution in [0.25, 0.3) is 0 Å². The molecule has 0 saturated carbocycles. The fraction of sp³-hybridized carbons (Fsp3) is 0.143. The van der Waals surface area contributed by atoms with E-state index in [-0.39, 0.29) is 5.82 Å². The highest BCUT2D eigenvalue weighted by molar-refractivity contribution is 6.33. The van der Waals surface area contributed by atoms with Gasteiger partial charge in [0.2, 0.25) is 0 Å². The van der Waals surface area contributed by atoms with Gasteiger partial charge < -0.3 is 5.73 Å². The van der Waals surface area contributed by atoms with E-state index in [1.807, 2.05) is 25.1 Å². The minimum absolute atomic E-state index is 0.221. The Bertz CT molecular complexity index is 552. The molecule has 0 aliphatic rings. The monoisotopic (exact) mass is 249 g/mol. The van der Waals surface area contributed by atoms with Gasteiger partial charge in [0.25, 0.3) is 0 Å². The fourth-order valence-corrected chi connectivity index (χ4v) is 1.99. The van der Waals surface area contributed by atoms with Crippen molar-refractivity contribution in [2.24, 2.45) is 0 Å². The molecule has 0 aliphatic carbocycles. The average molecular weight is 250 g/mol. The van der Waals surface area contributed by atoms with E-state index in [0.717, 1.165) is 16.7 Å². The number of nitrogens with two attached hydrogens (primary N) is 1. The van der Waals surface area contributed by atoms with Crippen molar-refractivity contribution in [3.63, 3.8) is 0 Å². The summed E-state index contributed by atoms with van der Waals surface area (Å²) in [6, 6.07) is 10.3. The highest BCUT2D eigenvalue weighted by atomic mass is 35.5. The summed E-state index contributed by atoms with van der Waals surface area (Å²) in [4.78, 5) is 0. The van der Waals surface area contributed by atoms with Crippen molar-refractivity contribution in [2.75, 3.05) is 5.73 Å². The van der Waals surface area contributed by atoms with Crippen molar-refractivity contribution in [3.8, 4) is 0 Å². The van der Waals surface area contributed by atoms with E-state index in [0.29, 0.717) is 17.1 Å². The van der Waals surface area contributed by atoms with E-state index >= 15 is 0 Å². The maximum Gasteiger partial charge on any atom is 0.123 e. The lowest BCUT2D eigenvalue weighted by atomic mass is 10.00. The summed E-state index contributed by atoms with van der Waals surface area (Å²) in [7, 11) is 0. The smallest absolute Gasteiger partial charge is 0.123 e. The third-order valence-corrected chi connectivity index (χ3v) is 3.07. The van der Waals surface area contributed by atoms with E-state index in [2.05, 4.69) is 0 Å². The largest absolute Gasteiger partial charge is 0.398 e. The van der Waals surface area contributed by atoms with Crippen LogP contribution in [0.1, 0.15) is 16.7 Å². The molecular weight excluding hydrogens is 237 g/mol. The molecule has 0 amide bonds. The van der Waals surface area contributed by atoms with E-state index in [1.165, 1.54) is 12.1 Å². The van der Waals surface area contributed by atoms with Crippen molar-refractivity contribution in [1.82, 2.24) is 0 Å². The van der Waals surface area contributed by atoms with Crippen LogP contribution < -0.4 is 5.73 Å². The number of aryl methyl sites for hydroxylation is 1. The second-order valence-electron chi connectivity index (χ2n) is 4.11. The van der Waals surface area contributed by atoms with Crippen LogP contribution in [-0.2, 0) is 6.42 Å². The SMILES string of the molecule is Cc1cc(N)c(Cl)cc1Cc1cccc(F)c1. The minimum Gasteiger partial charge on any atom is -0.398 e. The summed E-state index contributed by atoms with van der Waals surface area (Å²) >= 11 is 5.98. The zero-order valence-corrected chi connectivity index (χ0v) is 10.3. The Labute approximate surface area is 105 Å². The predicted molar refractivity (Wildman–Crippen MR) is 69.8 cm³/mol. The second-order valence-corrected chi connectivity index (χ2v) is 4.51. The van der Waals surface area contributed by atoms with Gasteiger partial charge >= 0.3 is 0 Å². The van der Waals surface area contributed by atoms with E-state index in [4.69, 9.17) is 17.3 Å². The van der Waals surface area contributed by atoms with E-state index < -0.39 is 0 Å². The molecule has 3 heteroatoms. The van der Waals surface area contributed by atoms with Gasteiger partial charge in [-0.15, -0.1) is 0 Å². The van der Waals surface area contributed by atoms with Crippen LogP contribution in [0, 0.1) is 12.7 Å². The summed E-state index contributed by atoms with van der Waals surface area (Å²) in [5.74, 6) is -0.221. The summed E-state index contributed by atoms with van der Waals surface area (Å²) in [5, 5.41) is 0.544. The molecule has 2 aromatic carbocycles. The molecule has 2 N–H and O–H groups in total. The molecule has 0 saturated heterocycles. The number of hydrogen-bond acceptors (Lipinski definition) is 1. The first-order valence-electron chi connectivity index (χ1n) is 5.35. The molecule has 0 aliphatic heterocycles.